The molecule has 3 aromatic rings. The van der Waals surface area contributed by atoms with E-state index in [9.17, 15) is 0 Å². The second-order valence-electron chi connectivity index (χ2n) is 4.89. The molecular weight excluding hydrogens is 276 g/mol. The van der Waals surface area contributed by atoms with Gasteiger partial charge >= 0.3 is 0 Å². The lowest BCUT2D eigenvalue weighted by Crippen LogP contribution is -2.09. The number of hydrogen-bond acceptors (Lipinski definition) is 6. The van der Waals surface area contributed by atoms with Crippen molar-refractivity contribution in [1.82, 2.24) is 19.9 Å². The summed E-state index contributed by atoms with van der Waals surface area (Å²) >= 11 is 0. The molecule has 2 N–H and O–H groups in total. The average Bonchev–Trinajstić information content (AvgIpc) is 2.99. The van der Waals surface area contributed by atoms with E-state index in [0.717, 1.165) is 28.1 Å². The number of anilines is 1. The zero-order chi connectivity index (χ0) is 14.9. The van der Waals surface area contributed by atoms with E-state index in [0.29, 0.717) is 18.2 Å². The van der Waals surface area contributed by atoms with E-state index < -0.39 is 0 Å². The van der Waals surface area contributed by atoms with E-state index in [1.807, 2.05) is 24.3 Å². The van der Waals surface area contributed by atoms with Gasteiger partial charge in [-0.1, -0.05) is 0 Å². The van der Waals surface area contributed by atoms with Crippen LogP contribution in [0.4, 0.5) is 5.82 Å². The summed E-state index contributed by atoms with van der Waals surface area (Å²) in [5.41, 5.74) is 10.5. The lowest BCUT2D eigenvalue weighted by molar-refractivity contribution is 1.02. The molecule has 6 heteroatoms. The third-order valence-electron chi connectivity index (χ3n) is 3.55. The van der Waals surface area contributed by atoms with Gasteiger partial charge in [0.05, 0.1) is 12.2 Å². The summed E-state index contributed by atoms with van der Waals surface area (Å²) in [6.07, 6.45) is 6.92. The Kier molecular flexibility index (Phi) is 2.86. The molecule has 0 radical (unpaired) electrons. The fourth-order valence-electron chi connectivity index (χ4n) is 2.47. The first-order chi connectivity index (χ1) is 10.8. The molecule has 0 aromatic carbocycles. The largest absolute Gasteiger partial charge is 0.383 e. The third-order valence-corrected chi connectivity index (χ3v) is 3.55. The van der Waals surface area contributed by atoms with E-state index >= 15 is 0 Å². The maximum Gasteiger partial charge on any atom is 0.180 e. The van der Waals surface area contributed by atoms with E-state index in [2.05, 4.69) is 24.9 Å². The Morgan fingerprint density at radius 3 is 2.64 bits per heavy atom. The first-order valence-electron chi connectivity index (χ1n) is 6.85. The molecule has 1 aliphatic rings. The van der Waals surface area contributed by atoms with Crippen LogP contribution in [0.3, 0.4) is 0 Å². The molecule has 4 heterocycles. The van der Waals surface area contributed by atoms with Crippen LogP contribution in [-0.4, -0.2) is 25.6 Å². The Bertz CT molecular complexity index is 873. The Labute approximate surface area is 126 Å². The van der Waals surface area contributed by atoms with Crippen molar-refractivity contribution in [2.75, 3.05) is 5.73 Å². The first-order valence-corrected chi connectivity index (χ1v) is 6.85. The highest BCUT2D eigenvalue weighted by molar-refractivity contribution is 6.12. The summed E-state index contributed by atoms with van der Waals surface area (Å²) in [5.74, 6) is 0.957. The van der Waals surface area contributed by atoms with Crippen LogP contribution >= 0.6 is 0 Å². The monoisotopic (exact) mass is 288 g/mol. The fourth-order valence-corrected chi connectivity index (χ4v) is 2.47. The van der Waals surface area contributed by atoms with Gasteiger partial charge in [-0.15, -0.1) is 0 Å². The summed E-state index contributed by atoms with van der Waals surface area (Å²) in [6, 6.07) is 7.61. The van der Waals surface area contributed by atoms with Crippen LogP contribution < -0.4 is 5.73 Å². The molecule has 6 nitrogen and oxygen atoms in total. The maximum absolute atomic E-state index is 6.10. The van der Waals surface area contributed by atoms with Gasteiger partial charge in [-0.25, -0.2) is 9.97 Å². The maximum atomic E-state index is 6.10. The summed E-state index contributed by atoms with van der Waals surface area (Å²) in [7, 11) is 0. The van der Waals surface area contributed by atoms with Crippen LogP contribution in [0.1, 0.15) is 17.1 Å². The van der Waals surface area contributed by atoms with Crippen molar-refractivity contribution in [2.45, 2.75) is 6.54 Å². The van der Waals surface area contributed by atoms with Gasteiger partial charge in [0.25, 0.3) is 0 Å². The molecule has 0 unspecified atom stereocenters. The summed E-state index contributed by atoms with van der Waals surface area (Å²) < 4.78 is 0. The van der Waals surface area contributed by atoms with E-state index in [4.69, 9.17) is 5.73 Å². The van der Waals surface area contributed by atoms with E-state index in [1.165, 1.54) is 0 Å². The number of pyridine rings is 2. The zero-order valence-corrected chi connectivity index (χ0v) is 11.6. The van der Waals surface area contributed by atoms with Gasteiger partial charge in [0.2, 0.25) is 0 Å². The minimum Gasteiger partial charge on any atom is -0.383 e. The molecule has 4 rings (SSSR count). The van der Waals surface area contributed by atoms with Crippen LogP contribution in [0.2, 0.25) is 0 Å². The molecule has 0 saturated heterocycles. The van der Waals surface area contributed by atoms with Crippen LogP contribution in [0.25, 0.3) is 11.1 Å². The Morgan fingerprint density at radius 2 is 1.82 bits per heavy atom. The van der Waals surface area contributed by atoms with Crippen LogP contribution in [0.15, 0.2) is 54.0 Å². The first kappa shape index (κ1) is 12.6. The summed E-state index contributed by atoms with van der Waals surface area (Å²) in [5, 5.41) is 0. The van der Waals surface area contributed by atoms with Crippen LogP contribution in [0, 0.1) is 0 Å². The number of rotatable bonds is 2. The normalized spacial score (nSPS) is 12.8. The van der Waals surface area contributed by atoms with Gasteiger partial charge in [-0.3, -0.25) is 15.0 Å². The number of aliphatic imine (C=N–C) groups is 1. The second kappa shape index (κ2) is 5.00. The number of hydrogen-bond donors (Lipinski definition) is 1. The summed E-state index contributed by atoms with van der Waals surface area (Å²) in [4.78, 5) is 21.6. The van der Waals surface area contributed by atoms with Gasteiger partial charge < -0.3 is 5.73 Å². The lowest BCUT2D eigenvalue weighted by atomic mass is 10.1. The number of nitrogen functional groups attached to an aromatic ring is 1. The molecule has 0 spiro atoms. The van der Waals surface area contributed by atoms with Crippen molar-refractivity contribution >= 4 is 11.5 Å². The number of aromatic nitrogens is 4. The predicted octanol–water partition coefficient (Wildman–Crippen LogP) is 1.87. The van der Waals surface area contributed by atoms with Crippen LogP contribution in [-0.2, 0) is 6.54 Å². The van der Waals surface area contributed by atoms with Gasteiger partial charge in [0.1, 0.15) is 11.5 Å². The van der Waals surface area contributed by atoms with E-state index in [-0.39, 0.29) is 0 Å². The van der Waals surface area contributed by atoms with Crippen molar-refractivity contribution in [2.24, 2.45) is 4.99 Å². The average molecular weight is 288 g/mol. The quantitative estimate of drug-likeness (QED) is 0.777. The molecule has 0 amide bonds. The van der Waals surface area contributed by atoms with Crippen molar-refractivity contribution in [1.29, 1.82) is 0 Å². The van der Waals surface area contributed by atoms with Gasteiger partial charge in [0.15, 0.2) is 5.82 Å². The van der Waals surface area contributed by atoms with Gasteiger partial charge in [0, 0.05) is 35.9 Å². The molecule has 1 aliphatic heterocycles. The Hall–Kier alpha value is -3.15. The minimum absolute atomic E-state index is 0.427. The van der Waals surface area contributed by atoms with Crippen molar-refractivity contribution < 1.29 is 0 Å². The fraction of sp³-hybridized carbons (Fsp3) is 0.0625. The van der Waals surface area contributed by atoms with Crippen molar-refractivity contribution in [3.63, 3.8) is 0 Å². The lowest BCUT2D eigenvalue weighted by Gasteiger charge is -2.07. The molecular formula is C16H12N6. The smallest absolute Gasteiger partial charge is 0.180 e. The highest BCUT2D eigenvalue weighted by atomic mass is 15.0. The molecule has 0 saturated carbocycles. The minimum atomic E-state index is 0.427. The Morgan fingerprint density at radius 1 is 0.955 bits per heavy atom. The van der Waals surface area contributed by atoms with Crippen molar-refractivity contribution in [3.8, 4) is 11.1 Å². The van der Waals surface area contributed by atoms with Crippen LogP contribution in [0.5, 0.6) is 0 Å². The highest BCUT2D eigenvalue weighted by Gasteiger charge is 2.21. The molecule has 106 valence electrons. The number of fused-ring (bicyclic) bond motifs is 1. The number of nitrogens with two attached hydrogens (primary N) is 1. The second-order valence-corrected chi connectivity index (χ2v) is 4.89. The molecule has 0 aliphatic carbocycles. The van der Waals surface area contributed by atoms with Gasteiger partial charge in [-0.05, 0) is 29.8 Å². The Balaban J connectivity index is 1.76. The summed E-state index contributed by atoms with van der Waals surface area (Å²) in [6.45, 7) is 0.556. The highest BCUT2D eigenvalue weighted by Crippen LogP contribution is 2.25. The van der Waals surface area contributed by atoms with Gasteiger partial charge in [-0.2, -0.15) is 0 Å². The third kappa shape index (κ3) is 2.01. The molecule has 0 fully saturated rings. The van der Waals surface area contributed by atoms with Crippen molar-refractivity contribution in [3.05, 3.63) is 66.1 Å². The topological polar surface area (TPSA) is 89.9 Å². The molecule has 0 bridgehead atoms. The molecule has 0 atom stereocenters. The SMILES string of the molecule is Nc1nc(C2=NCc3ncccc32)ncc1-c1ccncc1. The number of nitrogens with zero attached hydrogens (tertiary/aromatic N) is 5. The van der Waals surface area contributed by atoms with E-state index in [1.54, 1.807) is 24.8 Å². The molecule has 3 aromatic heterocycles. The zero-order valence-electron chi connectivity index (χ0n) is 11.6. The predicted molar refractivity (Wildman–Crippen MR) is 83.3 cm³/mol. The standard InChI is InChI=1S/C16H12N6/c17-15-12(10-3-6-18-7-4-10)8-21-16(22-15)14-11-2-1-5-19-13(11)9-20-14/h1-8H,9H2,(H2,17,21,22). The molecule has 22 heavy (non-hydrogen) atoms.